The summed E-state index contributed by atoms with van der Waals surface area (Å²) in [5.41, 5.74) is 1.31. The molecule has 0 radical (unpaired) electrons. The van der Waals surface area contributed by atoms with Gasteiger partial charge in [-0.3, -0.25) is 4.98 Å². The van der Waals surface area contributed by atoms with E-state index in [-0.39, 0.29) is 44.1 Å². The van der Waals surface area contributed by atoms with E-state index in [2.05, 4.69) is 19.2 Å². The van der Waals surface area contributed by atoms with E-state index in [1.165, 1.54) is 72.1 Å². The normalized spacial score (nSPS) is 10.5. The Kier molecular flexibility index (Phi) is 15.7. The monoisotopic (exact) mass is 751 g/mol. The molecular weight excluding hydrogens is 718 g/mol. The van der Waals surface area contributed by atoms with Crippen LogP contribution >= 0.6 is 10.7 Å². The number of methoxy groups -OCH3 is 6. The molecule has 3 aromatic carbocycles. The van der Waals surface area contributed by atoms with Gasteiger partial charge in [0.2, 0.25) is 0 Å². The van der Waals surface area contributed by atoms with Crippen LogP contribution in [0.2, 0.25) is 0 Å². The Morgan fingerprint density at radius 1 is 0.620 bits per heavy atom. The first kappa shape index (κ1) is 41.0. The van der Waals surface area contributed by atoms with Crippen LogP contribution in [0.3, 0.4) is 0 Å². The average molecular weight is 752 g/mol. The van der Waals surface area contributed by atoms with Gasteiger partial charge in [0.25, 0.3) is 9.05 Å². The fourth-order valence-electron chi connectivity index (χ4n) is 3.90. The minimum absolute atomic E-state index is 0.0539. The topological polar surface area (TPSA) is 188 Å². The van der Waals surface area contributed by atoms with Crippen molar-refractivity contribution in [3.63, 3.8) is 0 Å². The standard InChI is InChI=1S/C15H15NO5S.C9H9ClO5S.C9H10O3/c1-20-13-6-5-12(15(17)21-2)8-14(13)22(18,19)10-11-4-3-7-16-9-11;1-14-7-4-3-6(9(11)15-2)5-8(7)16(10,12)13;1-11-8-5-3-7(4-6-8)9(10)12-2/h3-9H,10H2,1-2H3;3-5H,1-2H3;3-6H,1-2H3. The average Bonchev–Trinajstić information content (AvgIpc) is 3.13. The van der Waals surface area contributed by atoms with Gasteiger partial charge in [-0.1, -0.05) is 6.07 Å². The number of halogens is 1. The second kappa shape index (κ2) is 19.1. The van der Waals surface area contributed by atoms with Gasteiger partial charge in [-0.05, 0) is 72.3 Å². The number of ether oxygens (including phenoxy) is 6. The molecule has 0 spiro atoms. The number of hydrogen-bond donors (Lipinski definition) is 0. The Hall–Kier alpha value is -5.19. The summed E-state index contributed by atoms with van der Waals surface area (Å²) in [5, 5.41) is 0. The van der Waals surface area contributed by atoms with Crippen LogP contribution in [0.1, 0.15) is 36.6 Å². The molecule has 0 unspecified atom stereocenters. The van der Waals surface area contributed by atoms with Crippen LogP contribution < -0.4 is 14.2 Å². The minimum atomic E-state index is -3.97. The summed E-state index contributed by atoms with van der Waals surface area (Å²) >= 11 is 0. The van der Waals surface area contributed by atoms with E-state index in [1.54, 1.807) is 49.7 Å². The fourth-order valence-corrected chi connectivity index (χ4v) is 6.45. The Labute approximate surface area is 294 Å². The van der Waals surface area contributed by atoms with Crippen LogP contribution in [0.4, 0.5) is 0 Å². The highest BCUT2D eigenvalue weighted by Crippen LogP contribution is 2.29. The van der Waals surface area contributed by atoms with E-state index in [0.717, 1.165) is 11.8 Å². The summed E-state index contributed by atoms with van der Waals surface area (Å²) < 4.78 is 76.0. The van der Waals surface area contributed by atoms with Crippen molar-refractivity contribution in [3.05, 3.63) is 107 Å². The van der Waals surface area contributed by atoms with Crippen LogP contribution in [-0.2, 0) is 38.9 Å². The van der Waals surface area contributed by atoms with Gasteiger partial charge in [-0.2, -0.15) is 0 Å². The van der Waals surface area contributed by atoms with E-state index in [9.17, 15) is 31.2 Å². The third kappa shape index (κ3) is 11.7. The predicted octanol–water partition coefficient (Wildman–Crippen LogP) is 4.74. The highest BCUT2D eigenvalue weighted by atomic mass is 35.7. The summed E-state index contributed by atoms with van der Waals surface area (Å²) in [6, 6.07) is 18.0. The number of rotatable bonds is 10. The van der Waals surface area contributed by atoms with Gasteiger partial charge in [0, 0.05) is 23.1 Å². The number of sulfone groups is 1. The van der Waals surface area contributed by atoms with Crippen molar-refractivity contribution in [1.29, 1.82) is 0 Å². The third-order valence-corrected chi connectivity index (χ3v) is 9.40. The molecule has 4 rings (SSSR count). The first-order valence-corrected chi connectivity index (χ1v) is 17.9. The summed E-state index contributed by atoms with van der Waals surface area (Å²) in [4.78, 5) is 37.3. The Morgan fingerprint density at radius 3 is 1.50 bits per heavy atom. The minimum Gasteiger partial charge on any atom is -0.497 e. The lowest BCUT2D eigenvalue weighted by Crippen LogP contribution is -2.09. The lowest BCUT2D eigenvalue weighted by Gasteiger charge is -2.11. The molecular formula is C33H34ClNO13S2. The largest absolute Gasteiger partial charge is 0.497 e. The molecule has 0 aliphatic heterocycles. The van der Waals surface area contributed by atoms with Crippen LogP contribution in [0.5, 0.6) is 17.2 Å². The van der Waals surface area contributed by atoms with Crippen molar-refractivity contribution in [2.75, 3.05) is 42.7 Å². The van der Waals surface area contributed by atoms with Crippen molar-refractivity contribution < 1.29 is 59.6 Å². The molecule has 0 aliphatic carbocycles. The molecule has 0 saturated carbocycles. The van der Waals surface area contributed by atoms with E-state index < -0.39 is 30.8 Å². The number of nitrogens with zero attached hydrogens (tertiary/aromatic N) is 1. The molecule has 268 valence electrons. The van der Waals surface area contributed by atoms with Gasteiger partial charge in [0.1, 0.15) is 27.0 Å². The van der Waals surface area contributed by atoms with E-state index in [0.29, 0.717) is 11.1 Å². The molecule has 17 heteroatoms. The Morgan fingerprint density at radius 2 is 1.08 bits per heavy atom. The van der Waals surface area contributed by atoms with Crippen LogP contribution in [0.25, 0.3) is 0 Å². The summed E-state index contributed by atoms with van der Waals surface area (Å²) in [5.74, 6) is -0.855. The molecule has 0 bridgehead atoms. The zero-order chi connectivity index (χ0) is 37.5. The second-order valence-corrected chi connectivity index (χ2v) is 14.0. The van der Waals surface area contributed by atoms with Crippen molar-refractivity contribution in [3.8, 4) is 17.2 Å². The van der Waals surface area contributed by atoms with Gasteiger partial charge < -0.3 is 28.4 Å². The van der Waals surface area contributed by atoms with E-state index >= 15 is 0 Å². The van der Waals surface area contributed by atoms with Gasteiger partial charge in [0.05, 0.1) is 65.1 Å². The molecule has 50 heavy (non-hydrogen) atoms. The predicted molar refractivity (Wildman–Crippen MR) is 181 cm³/mol. The number of esters is 3. The molecule has 0 N–H and O–H groups in total. The molecule has 0 atom stereocenters. The molecule has 14 nitrogen and oxygen atoms in total. The smallest absolute Gasteiger partial charge is 0.337 e. The first-order chi connectivity index (χ1) is 23.6. The molecule has 1 heterocycles. The first-order valence-electron chi connectivity index (χ1n) is 14.0. The fraction of sp³-hybridized carbons (Fsp3) is 0.212. The zero-order valence-corrected chi connectivity index (χ0v) is 30.1. The molecule has 0 saturated heterocycles. The SMILES string of the molecule is COC(=O)c1ccc(OC)c(S(=O)(=O)Cc2cccnc2)c1.COC(=O)c1ccc(OC)c(S(=O)(=O)Cl)c1.COC(=O)c1ccc(OC)cc1. The lowest BCUT2D eigenvalue weighted by atomic mass is 10.2. The number of benzene rings is 3. The number of carbonyl (C=O) groups excluding carboxylic acids is 3. The van der Waals surface area contributed by atoms with Gasteiger partial charge in [0.15, 0.2) is 9.84 Å². The van der Waals surface area contributed by atoms with Gasteiger partial charge >= 0.3 is 17.9 Å². The molecule has 0 amide bonds. The second-order valence-electron chi connectivity index (χ2n) is 9.49. The van der Waals surface area contributed by atoms with Crippen molar-refractivity contribution >= 4 is 47.5 Å². The third-order valence-electron chi connectivity index (χ3n) is 6.36. The maximum atomic E-state index is 12.6. The van der Waals surface area contributed by atoms with Crippen molar-refractivity contribution in [2.45, 2.75) is 15.5 Å². The van der Waals surface area contributed by atoms with Crippen molar-refractivity contribution in [2.24, 2.45) is 0 Å². The number of carbonyl (C=O) groups is 3. The van der Waals surface area contributed by atoms with Gasteiger partial charge in [-0.15, -0.1) is 0 Å². The maximum Gasteiger partial charge on any atom is 0.337 e. The molecule has 4 aromatic rings. The zero-order valence-electron chi connectivity index (χ0n) is 27.7. The number of aromatic nitrogens is 1. The lowest BCUT2D eigenvalue weighted by molar-refractivity contribution is 0.0591. The van der Waals surface area contributed by atoms with Crippen LogP contribution in [0.15, 0.2) is 95.0 Å². The van der Waals surface area contributed by atoms with Gasteiger partial charge in [-0.25, -0.2) is 31.2 Å². The summed E-state index contributed by atoms with van der Waals surface area (Å²) in [7, 11) is 5.57. The summed E-state index contributed by atoms with van der Waals surface area (Å²) in [6.45, 7) is 0. The Balaban J connectivity index is 0.000000273. The highest BCUT2D eigenvalue weighted by molar-refractivity contribution is 8.13. The number of hydrogen-bond acceptors (Lipinski definition) is 14. The number of pyridine rings is 1. The van der Waals surface area contributed by atoms with Crippen LogP contribution in [-0.4, -0.2) is 82.4 Å². The molecule has 1 aromatic heterocycles. The van der Waals surface area contributed by atoms with Crippen LogP contribution in [0, 0.1) is 0 Å². The quantitative estimate of drug-likeness (QED) is 0.123. The van der Waals surface area contributed by atoms with E-state index in [1.807, 2.05) is 0 Å². The summed E-state index contributed by atoms with van der Waals surface area (Å²) in [6.07, 6.45) is 3.04. The maximum absolute atomic E-state index is 12.6. The van der Waals surface area contributed by atoms with Crippen molar-refractivity contribution in [1.82, 2.24) is 4.98 Å². The Bertz CT molecular complexity index is 1990. The molecule has 0 fully saturated rings. The molecule has 0 aliphatic rings. The highest BCUT2D eigenvalue weighted by Gasteiger charge is 2.23. The van der Waals surface area contributed by atoms with E-state index in [4.69, 9.17) is 24.9 Å².